The average Bonchev–Trinajstić information content (AvgIpc) is 2.14. The number of rotatable bonds is 5. The van der Waals surface area contributed by atoms with Gasteiger partial charge in [0, 0.05) is 13.1 Å². The molecular weight excluding hydrogens is 228 g/mol. The van der Waals surface area contributed by atoms with Crippen molar-refractivity contribution in [3.8, 4) is 0 Å². The van der Waals surface area contributed by atoms with E-state index in [1.54, 1.807) is 0 Å². The number of hydrogen-bond acceptors (Lipinski definition) is 6. The maximum atomic E-state index is 11.1. The highest BCUT2D eigenvalue weighted by atomic mass is 33.1. The van der Waals surface area contributed by atoms with E-state index in [2.05, 4.69) is 14.1 Å². The van der Waals surface area contributed by atoms with Gasteiger partial charge in [-0.3, -0.25) is 0 Å². The van der Waals surface area contributed by atoms with Crippen LogP contribution in [0.3, 0.4) is 0 Å². The Balaban J connectivity index is 3.57. The maximum absolute atomic E-state index is 11.1. The molecule has 14 heavy (non-hydrogen) atoms. The highest BCUT2D eigenvalue weighted by Crippen LogP contribution is 2.24. The fraction of sp³-hybridized carbons (Fsp3) is 0.667. The molecule has 0 saturated carbocycles. The molecule has 0 rings (SSSR count). The largest absolute Gasteiger partial charge is 0.422 e. The van der Waals surface area contributed by atoms with E-state index in [-0.39, 0.29) is 0 Å². The van der Waals surface area contributed by atoms with Crippen LogP contribution < -0.4 is 5.73 Å². The molecule has 82 valence electrons. The highest BCUT2D eigenvalue weighted by Gasteiger charge is 2.11. The zero-order valence-corrected chi connectivity index (χ0v) is 9.52. The lowest BCUT2D eigenvalue weighted by Gasteiger charge is -2.15. The number of amides is 2. The Morgan fingerprint density at radius 2 is 1.71 bits per heavy atom. The second kappa shape index (κ2) is 7.63. The molecule has 0 unspecified atom stereocenters. The number of primary amides is 1. The van der Waals surface area contributed by atoms with Gasteiger partial charge in [0.1, 0.15) is 0 Å². The van der Waals surface area contributed by atoms with E-state index in [0.717, 1.165) is 0 Å². The third-order valence-electron chi connectivity index (χ3n) is 1.27. The minimum absolute atomic E-state index is 0.472. The Hall–Kier alpha value is -0.760. The lowest BCUT2D eigenvalue weighted by atomic mass is 10.6. The van der Waals surface area contributed by atoms with Crippen molar-refractivity contribution in [1.29, 1.82) is 0 Å². The standard InChI is InChI=1S/C6H12N2O4S2/c1-3-8(4-2)6(10)12-14-13-11-5(7)9/h3-4H2,1-2H3,(H2,7,9). The SMILES string of the molecule is CCN(CC)C(=O)OSSOC(N)=O. The molecule has 0 aromatic rings. The van der Waals surface area contributed by atoms with Gasteiger partial charge in [0.05, 0.1) is 0 Å². The summed E-state index contributed by atoms with van der Waals surface area (Å²) in [5.74, 6) is 0. The second-order valence-corrected chi connectivity index (χ2v) is 3.48. The number of nitrogens with two attached hydrogens (primary N) is 1. The Kier molecular flexibility index (Phi) is 7.21. The Morgan fingerprint density at radius 1 is 1.21 bits per heavy atom. The van der Waals surface area contributed by atoms with Crippen molar-refractivity contribution in [2.24, 2.45) is 5.73 Å². The predicted molar refractivity (Wildman–Crippen MR) is 55.3 cm³/mol. The molecule has 0 aromatic carbocycles. The number of carbonyl (C=O) groups excluding carboxylic acids is 2. The molecule has 0 heterocycles. The normalized spacial score (nSPS) is 9.29. The monoisotopic (exact) mass is 240 g/mol. The molecule has 2 N–H and O–H groups in total. The van der Waals surface area contributed by atoms with Gasteiger partial charge in [-0.15, -0.1) is 0 Å². The third kappa shape index (κ3) is 5.81. The molecule has 0 fully saturated rings. The fourth-order valence-electron chi connectivity index (χ4n) is 0.625. The van der Waals surface area contributed by atoms with Gasteiger partial charge < -0.3 is 19.0 Å². The van der Waals surface area contributed by atoms with Crippen LogP contribution in [0.15, 0.2) is 0 Å². The van der Waals surface area contributed by atoms with Crippen molar-refractivity contribution in [2.45, 2.75) is 13.8 Å². The Bertz CT molecular complexity index is 198. The summed E-state index contributed by atoms with van der Waals surface area (Å²) in [5.41, 5.74) is 4.68. The van der Waals surface area contributed by atoms with Crippen LogP contribution in [-0.4, -0.2) is 30.2 Å². The topological polar surface area (TPSA) is 81.9 Å². The Morgan fingerprint density at radius 3 is 2.14 bits per heavy atom. The Labute approximate surface area is 90.3 Å². The molecule has 0 aliphatic carbocycles. The molecule has 0 spiro atoms. The van der Waals surface area contributed by atoms with E-state index < -0.39 is 12.2 Å². The molecule has 2 amide bonds. The second-order valence-electron chi connectivity index (χ2n) is 2.06. The van der Waals surface area contributed by atoms with Gasteiger partial charge in [-0.05, 0) is 13.8 Å². The van der Waals surface area contributed by atoms with Crippen LogP contribution in [0.4, 0.5) is 9.59 Å². The molecule has 0 atom stereocenters. The molecule has 0 saturated heterocycles. The molecule has 8 heteroatoms. The predicted octanol–water partition coefficient (Wildman–Crippen LogP) is 1.77. The van der Waals surface area contributed by atoms with Crippen molar-refractivity contribution < 1.29 is 18.0 Å². The number of nitrogens with zero attached hydrogens (tertiary/aromatic N) is 1. The smallest absolute Gasteiger partial charge is 0.360 e. The lowest BCUT2D eigenvalue weighted by Crippen LogP contribution is -2.29. The summed E-state index contributed by atoms with van der Waals surface area (Å²) in [5, 5.41) is 0. The zero-order chi connectivity index (χ0) is 11.0. The molecule has 0 radical (unpaired) electrons. The van der Waals surface area contributed by atoms with Crippen LogP contribution in [0.2, 0.25) is 0 Å². The van der Waals surface area contributed by atoms with Crippen LogP contribution in [0.1, 0.15) is 13.8 Å². The fourth-order valence-corrected chi connectivity index (χ4v) is 1.45. The van der Waals surface area contributed by atoms with Gasteiger partial charge in [0.25, 0.3) is 0 Å². The van der Waals surface area contributed by atoms with Gasteiger partial charge in [-0.1, -0.05) is 0 Å². The third-order valence-corrected chi connectivity index (χ3v) is 2.34. The molecule has 6 nitrogen and oxygen atoms in total. The highest BCUT2D eigenvalue weighted by molar-refractivity contribution is 8.73. The summed E-state index contributed by atoms with van der Waals surface area (Å²) in [6, 6.07) is 0. The van der Waals surface area contributed by atoms with Crippen LogP contribution in [-0.2, 0) is 8.37 Å². The van der Waals surface area contributed by atoms with Crippen LogP contribution in [0.5, 0.6) is 0 Å². The van der Waals surface area contributed by atoms with E-state index in [9.17, 15) is 9.59 Å². The average molecular weight is 240 g/mol. The van der Waals surface area contributed by atoms with Crippen LogP contribution in [0, 0.1) is 0 Å². The van der Waals surface area contributed by atoms with Crippen molar-refractivity contribution in [2.75, 3.05) is 13.1 Å². The van der Waals surface area contributed by atoms with Crippen molar-refractivity contribution in [1.82, 2.24) is 4.90 Å². The quantitative estimate of drug-likeness (QED) is 0.448. The van der Waals surface area contributed by atoms with Crippen LogP contribution in [0.25, 0.3) is 0 Å². The maximum Gasteiger partial charge on any atom is 0.422 e. The summed E-state index contributed by atoms with van der Waals surface area (Å²) in [6.45, 7) is 4.80. The van der Waals surface area contributed by atoms with E-state index in [1.165, 1.54) is 4.90 Å². The van der Waals surface area contributed by atoms with Gasteiger partial charge >= 0.3 is 12.2 Å². The lowest BCUT2D eigenvalue weighted by molar-refractivity contribution is 0.166. The molecule has 0 aliphatic heterocycles. The first kappa shape index (κ1) is 13.2. The molecule has 0 bridgehead atoms. The van der Waals surface area contributed by atoms with Crippen molar-refractivity contribution in [3.63, 3.8) is 0 Å². The first-order chi connectivity index (χ1) is 6.61. The minimum Gasteiger partial charge on any atom is -0.360 e. The van der Waals surface area contributed by atoms with Gasteiger partial charge in [0.2, 0.25) is 0 Å². The van der Waals surface area contributed by atoms with E-state index >= 15 is 0 Å². The van der Waals surface area contributed by atoms with E-state index in [1.807, 2.05) is 13.8 Å². The van der Waals surface area contributed by atoms with Gasteiger partial charge in [-0.2, -0.15) is 0 Å². The summed E-state index contributed by atoms with van der Waals surface area (Å²) in [7, 11) is 0. The summed E-state index contributed by atoms with van der Waals surface area (Å²) < 4.78 is 8.93. The first-order valence-corrected chi connectivity index (χ1v) is 5.88. The molecular formula is C6H12N2O4S2. The first-order valence-electron chi connectivity index (χ1n) is 3.88. The zero-order valence-electron chi connectivity index (χ0n) is 7.89. The van der Waals surface area contributed by atoms with Crippen molar-refractivity contribution in [3.05, 3.63) is 0 Å². The molecule has 0 aliphatic rings. The summed E-state index contributed by atoms with van der Waals surface area (Å²) in [4.78, 5) is 22.7. The van der Waals surface area contributed by atoms with Crippen LogP contribution >= 0.6 is 22.1 Å². The van der Waals surface area contributed by atoms with E-state index in [4.69, 9.17) is 0 Å². The molecule has 0 aromatic heterocycles. The summed E-state index contributed by atoms with van der Waals surface area (Å²) >= 11 is 1.25. The number of carbonyl (C=O) groups is 2. The van der Waals surface area contributed by atoms with E-state index in [0.29, 0.717) is 35.2 Å². The van der Waals surface area contributed by atoms with Gasteiger partial charge in [-0.25, -0.2) is 9.59 Å². The van der Waals surface area contributed by atoms with Gasteiger partial charge in [0.15, 0.2) is 22.1 Å². The minimum atomic E-state index is -0.929. The van der Waals surface area contributed by atoms with Crippen molar-refractivity contribution >= 4 is 34.3 Å². The number of hydrogen-bond donors (Lipinski definition) is 1. The summed E-state index contributed by atoms with van der Waals surface area (Å²) in [6.07, 6.45) is -1.40.